The zero-order chi connectivity index (χ0) is 16.6. The van der Waals surface area contributed by atoms with Crippen LogP contribution in [-0.2, 0) is 4.74 Å². The smallest absolute Gasteiger partial charge is 0.404 e. The Balaban J connectivity index is 1.52. The van der Waals surface area contributed by atoms with Gasteiger partial charge >= 0.3 is 6.09 Å². The largest absolute Gasteiger partial charge is 0.446 e. The second-order valence-electron chi connectivity index (χ2n) is 6.00. The van der Waals surface area contributed by atoms with E-state index < -0.39 is 12.0 Å². The number of aromatic nitrogens is 1. The molecule has 2 amide bonds. The first-order valence-corrected chi connectivity index (χ1v) is 8.32. The highest BCUT2D eigenvalue weighted by atomic mass is 32.1. The molecule has 2 aliphatic rings. The molecular weight excluding hydrogens is 328 g/mol. The van der Waals surface area contributed by atoms with Gasteiger partial charge in [0.15, 0.2) is 5.01 Å². The zero-order valence-corrected chi connectivity index (χ0v) is 13.1. The maximum Gasteiger partial charge on any atom is 0.404 e. The molecule has 9 heteroatoms. The van der Waals surface area contributed by atoms with Gasteiger partial charge in [-0.3, -0.25) is 4.79 Å². The van der Waals surface area contributed by atoms with E-state index in [1.807, 2.05) is 0 Å². The van der Waals surface area contributed by atoms with Crippen LogP contribution in [0.3, 0.4) is 0 Å². The fraction of sp³-hybridized carbons (Fsp3) is 0.643. The van der Waals surface area contributed by atoms with Gasteiger partial charge < -0.3 is 15.8 Å². The number of amides is 2. The van der Waals surface area contributed by atoms with Crippen molar-refractivity contribution in [1.82, 2.24) is 10.3 Å². The lowest BCUT2D eigenvalue weighted by atomic mass is 9.92. The van der Waals surface area contributed by atoms with Crippen molar-refractivity contribution < 1.29 is 23.1 Å². The van der Waals surface area contributed by atoms with Crippen molar-refractivity contribution in [3.05, 3.63) is 16.1 Å². The summed E-state index contributed by atoms with van der Waals surface area (Å²) in [6, 6.07) is -0.235. The molecule has 1 aromatic rings. The summed E-state index contributed by atoms with van der Waals surface area (Å²) >= 11 is 1.19. The number of hydrogen-bond acceptors (Lipinski definition) is 5. The predicted octanol–water partition coefficient (Wildman–Crippen LogP) is 2.40. The minimum atomic E-state index is -2.61. The molecule has 2 unspecified atom stereocenters. The first-order chi connectivity index (χ1) is 10.8. The Morgan fingerprint density at radius 1 is 1.39 bits per heavy atom. The Hall–Kier alpha value is -1.77. The summed E-state index contributed by atoms with van der Waals surface area (Å²) in [5.74, 6) is -2.98. The Bertz CT molecular complexity index is 612. The third-order valence-corrected chi connectivity index (χ3v) is 5.01. The fourth-order valence-corrected chi connectivity index (χ4v) is 3.54. The number of ether oxygens (including phenoxy) is 1. The van der Waals surface area contributed by atoms with Gasteiger partial charge in [-0.2, -0.15) is 0 Å². The van der Waals surface area contributed by atoms with Crippen LogP contribution in [-0.4, -0.2) is 35.1 Å². The lowest BCUT2D eigenvalue weighted by Gasteiger charge is -2.28. The highest BCUT2D eigenvalue weighted by molar-refractivity contribution is 7.11. The predicted molar refractivity (Wildman–Crippen MR) is 78.6 cm³/mol. The van der Waals surface area contributed by atoms with Gasteiger partial charge in [0.05, 0.1) is 5.69 Å². The number of nitrogens with zero attached hydrogens (tertiary/aromatic N) is 1. The van der Waals surface area contributed by atoms with Gasteiger partial charge in [-0.25, -0.2) is 18.6 Å². The minimum absolute atomic E-state index is 0.0197. The van der Waals surface area contributed by atoms with Crippen LogP contribution in [0.5, 0.6) is 0 Å². The summed E-state index contributed by atoms with van der Waals surface area (Å²) in [6.45, 7) is 0. The lowest BCUT2D eigenvalue weighted by Crippen LogP contribution is -2.40. The number of primary amides is 1. The number of nitrogens with two attached hydrogens (primary N) is 1. The van der Waals surface area contributed by atoms with Gasteiger partial charge in [-0.05, 0) is 19.3 Å². The highest BCUT2D eigenvalue weighted by Crippen LogP contribution is 2.43. The molecule has 126 valence electrons. The number of carbonyl (C=O) groups is 2. The Morgan fingerprint density at radius 2 is 2.09 bits per heavy atom. The number of nitrogens with one attached hydrogen (secondary N) is 1. The van der Waals surface area contributed by atoms with Crippen molar-refractivity contribution in [2.45, 2.75) is 56.1 Å². The molecule has 2 atom stereocenters. The number of thiazole rings is 1. The Kier molecular flexibility index (Phi) is 4.22. The molecule has 0 aromatic carbocycles. The van der Waals surface area contributed by atoms with Crippen LogP contribution in [0.2, 0.25) is 0 Å². The fourth-order valence-electron chi connectivity index (χ4n) is 2.75. The molecule has 2 saturated carbocycles. The van der Waals surface area contributed by atoms with Gasteiger partial charge in [-0.15, -0.1) is 11.3 Å². The molecule has 2 aliphatic carbocycles. The van der Waals surface area contributed by atoms with E-state index in [1.54, 1.807) is 5.38 Å². The van der Waals surface area contributed by atoms with E-state index in [9.17, 15) is 18.4 Å². The Labute approximate surface area is 135 Å². The van der Waals surface area contributed by atoms with Crippen LogP contribution < -0.4 is 11.1 Å². The first-order valence-electron chi connectivity index (χ1n) is 7.44. The number of alkyl halides is 2. The average Bonchev–Trinajstić information content (AvgIpc) is 3.04. The molecule has 6 nitrogen and oxygen atoms in total. The molecule has 23 heavy (non-hydrogen) atoms. The van der Waals surface area contributed by atoms with E-state index in [0.29, 0.717) is 17.1 Å². The van der Waals surface area contributed by atoms with E-state index in [1.165, 1.54) is 11.3 Å². The van der Waals surface area contributed by atoms with Crippen molar-refractivity contribution in [2.24, 2.45) is 5.73 Å². The van der Waals surface area contributed by atoms with Gasteiger partial charge in [0.1, 0.15) is 6.10 Å². The topological polar surface area (TPSA) is 94.3 Å². The van der Waals surface area contributed by atoms with E-state index in [4.69, 9.17) is 10.5 Å². The quantitative estimate of drug-likeness (QED) is 0.876. The molecule has 0 radical (unpaired) electrons. The van der Waals surface area contributed by atoms with Crippen LogP contribution in [0.4, 0.5) is 13.6 Å². The SMILES string of the molecule is NC(=O)OC1CC1c1csc(C(=O)NC2CCC(F)(F)CC2)n1. The number of halogens is 2. The van der Waals surface area contributed by atoms with Gasteiger partial charge in [0, 0.05) is 30.2 Å². The van der Waals surface area contributed by atoms with E-state index in [2.05, 4.69) is 10.3 Å². The van der Waals surface area contributed by atoms with Crippen molar-refractivity contribution in [3.8, 4) is 0 Å². The maximum absolute atomic E-state index is 13.1. The van der Waals surface area contributed by atoms with Crippen molar-refractivity contribution in [1.29, 1.82) is 0 Å². The van der Waals surface area contributed by atoms with Crippen LogP contribution in [0.25, 0.3) is 0 Å². The van der Waals surface area contributed by atoms with E-state index >= 15 is 0 Å². The molecule has 0 aliphatic heterocycles. The van der Waals surface area contributed by atoms with E-state index in [-0.39, 0.29) is 49.7 Å². The van der Waals surface area contributed by atoms with Crippen LogP contribution >= 0.6 is 11.3 Å². The van der Waals surface area contributed by atoms with Gasteiger partial charge in [-0.1, -0.05) is 0 Å². The highest BCUT2D eigenvalue weighted by Gasteiger charge is 2.43. The summed E-state index contributed by atoms with van der Waals surface area (Å²) in [5.41, 5.74) is 5.65. The lowest BCUT2D eigenvalue weighted by molar-refractivity contribution is -0.0399. The Morgan fingerprint density at radius 3 is 2.74 bits per heavy atom. The monoisotopic (exact) mass is 345 g/mol. The van der Waals surface area contributed by atoms with Crippen molar-refractivity contribution in [3.63, 3.8) is 0 Å². The standard InChI is InChI=1S/C14H17F2N3O3S/c15-14(16)3-1-7(2-4-14)18-11(20)12-19-9(6-23-12)8-5-10(8)22-13(17)21/h6-8,10H,1-5H2,(H2,17,21)(H,18,20). The number of carbonyl (C=O) groups excluding carboxylic acids is 2. The average molecular weight is 345 g/mol. The normalized spacial score (nSPS) is 26.5. The van der Waals surface area contributed by atoms with Crippen molar-refractivity contribution >= 4 is 23.3 Å². The molecule has 3 rings (SSSR count). The molecule has 0 saturated heterocycles. The summed E-state index contributed by atoms with van der Waals surface area (Å²) in [4.78, 5) is 27.1. The summed E-state index contributed by atoms with van der Waals surface area (Å²) in [5, 5.41) is 4.80. The minimum Gasteiger partial charge on any atom is -0.446 e. The van der Waals surface area contributed by atoms with Crippen LogP contribution in [0, 0.1) is 0 Å². The van der Waals surface area contributed by atoms with Crippen LogP contribution in [0.1, 0.15) is 53.5 Å². The number of hydrogen-bond donors (Lipinski definition) is 2. The molecule has 2 fully saturated rings. The third-order valence-electron chi connectivity index (χ3n) is 4.15. The molecular formula is C14H17F2N3O3S. The molecule has 1 heterocycles. The summed E-state index contributed by atoms with van der Waals surface area (Å²) in [6.07, 6.45) is -0.302. The van der Waals surface area contributed by atoms with Gasteiger partial charge in [0.25, 0.3) is 5.91 Å². The van der Waals surface area contributed by atoms with Crippen LogP contribution in [0.15, 0.2) is 5.38 Å². The third kappa shape index (κ3) is 3.95. The van der Waals surface area contributed by atoms with Crippen molar-refractivity contribution in [2.75, 3.05) is 0 Å². The maximum atomic E-state index is 13.1. The van der Waals surface area contributed by atoms with Gasteiger partial charge in [0.2, 0.25) is 5.92 Å². The summed E-state index contributed by atoms with van der Waals surface area (Å²) < 4.78 is 31.1. The zero-order valence-electron chi connectivity index (χ0n) is 12.3. The second kappa shape index (κ2) is 6.03. The molecule has 1 aromatic heterocycles. The molecule has 3 N–H and O–H groups in total. The summed E-state index contributed by atoms with van der Waals surface area (Å²) in [7, 11) is 0. The molecule has 0 bridgehead atoms. The molecule has 0 spiro atoms. The first kappa shape index (κ1) is 16.1. The van der Waals surface area contributed by atoms with E-state index in [0.717, 1.165) is 0 Å². The second-order valence-corrected chi connectivity index (χ2v) is 6.86. The number of rotatable bonds is 4.